The van der Waals surface area contributed by atoms with Gasteiger partial charge in [-0.1, -0.05) is 0 Å². The minimum absolute atomic E-state index is 0.407. The van der Waals surface area contributed by atoms with E-state index in [1.165, 1.54) is 0 Å². The van der Waals surface area contributed by atoms with Crippen molar-refractivity contribution in [2.24, 2.45) is 5.92 Å². The Labute approximate surface area is 91.8 Å². The van der Waals surface area contributed by atoms with Gasteiger partial charge in [0.15, 0.2) is 5.58 Å². The molecule has 1 saturated heterocycles. The molecule has 5 nitrogen and oxygen atoms in total. The van der Waals surface area contributed by atoms with Gasteiger partial charge in [-0.05, 0) is 12.1 Å². The van der Waals surface area contributed by atoms with Crippen LogP contribution in [0.2, 0.25) is 0 Å². The van der Waals surface area contributed by atoms with E-state index < -0.39 is 5.76 Å². The molecule has 0 radical (unpaired) electrons. The zero-order valence-electron chi connectivity index (χ0n) is 8.75. The molecule has 1 fully saturated rings. The van der Waals surface area contributed by atoms with Crippen LogP contribution in [0.25, 0.3) is 11.1 Å². The van der Waals surface area contributed by atoms with Crippen molar-refractivity contribution in [1.29, 1.82) is 0 Å². The maximum Gasteiger partial charge on any atom is 0.417 e. The first-order valence-electron chi connectivity index (χ1n) is 5.39. The molecule has 1 aliphatic heterocycles. The predicted molar refractivity (Wildman–Crippen MR) is 61.7 cm³/mol. The molecule has 0 amide bonds. The third-order valence-corrected chi connectivity index (χ3v) is 2.88. The first-order valence-corrected chi connectivity index (χ1v) is 5.39. The van der Waals surface area contributed by atoms with E-state index in [9.17, 15) is 4.79 Å². The number of benzene rings is 1. The summed E-state index contributed by atoms with van der Waals surface area (Å²) < 4.78 is 4.99. The summed E-state index contributed by atoms with van der Waals surface area (Å²) in [5.74, 6) is 0.296. The molecule has 3 rings (SSSR count). The van der Waals surface area contributed by atoms with Gasteiger partial charge in [0.2, 0.25) is 0 Å². The summed E-state index contributed by atoms with van der Waals surface area (Å²) in [4.78, 5) is 13.6. The molecule has 2 aromatic rings. The molecule has 3 N–H and O–H groups in total. The normalized spacial score (nSPS) is 16.2. The number of aromatic amines is 1. The Hall–Kier alpha value is -1.75. The van der Waals surface area contributed by atoms with Crippen LogP contribution >= 0.6 is 0 Å². The van der Waals surface area contributed by atoms with Gasteiger partial charge in [-0.2, -0.15) is 0 Å². The third kappa shape index (κ3) is 1.69. The van der Waals surface area contributed by atoms with Crippen molar-refractivity contribution in [3.63, 3.8) is 0 Å². The van der Waals surface area contributed by atoms with Gasteiger partial charge in [-0.3, -0.25) is 4.98 Å². The molecule has 5 heteroatoms. The number of nitrogens with one attached hydrogen (secondary N) is 3. The van der Waals surface area contributed by atoms with Crippen LogP contribution in [0.15, 0.2) is 27.4 Å². The minimum atomic E-state index is -0.407. The highest BCUT2D eigenvalue weighted by atomic mass is 16.4. The Kier molecular flexibility index (Phi) is 2.18. The quantitative estimate of drug-likeness (QED) is 0.712. The Morgan fingerprint density at radius 1 is 1.44 bits per heavy atom. The lowest BCUT2D eigenvalue weighted by Crippen LogP contribution is -2.45. The number of H-pyrrole nitrogens is 1. The molecule has 1 aliphatic rings. The molecule has 0 spiro atoms. The first-order chi connectivity index (χ1) is 7.81. The molecule has 0 bridgehead atoms. The van der Waals surface area contributed by atoms with Crippen LogP contribution in [-0.4, -0.2) is 24.6 Å². The van der Waals surface area contributed by atoms with Crippen molar-refractivity contribution in [2.45, 2.75) is 0 Å². The zero-order chi connectivity index (χ0) is 11.0. The molecule has 0 aliphatic carbocycles. The molecule has 0 saturated carbocycles. The Morgan fingerprint density at radius 2 is 2.31 bits per heavy atom. The van der Waals surface area contributed by atoms with Crippen LogP contribution in [0.3, 0.4) is 0 Å². The smallest absolute Gasteiger partial charge is 0.408 e. The van der Waals surface area contributed by atoms with E-state index in [0.29, 0.717) is 11.5 Å². The van der Waals surface area contributed by atoms with Crippen molar-refractivity contribution >= 4 is 16.8 Å². The van der Waals surface area contributed by atoms with Gasteiger partial charge in [0, 0.05) is 37.3 Å². The third-order valence-electron chi connectivity index (χ3n) is 2.88. The Balaban J connectivity index is 1.78. The summed E-state index contributed by atoms with van der Waals surface area (Å²) in [6.45, 7) is 3.11. The molecular weight excluding hydrogens is 206 g/mol. The van der Waals surface area contributed by atoms with Crippen molar-refractivity contribution in [2.75, 3.05) is 25.0 Å². The lowest BCUT2D eigenvalue weighted by molar-refractivity contribution is 0.365. The maximum absolute atomic E-state index is 11.0. The molecule has 0 atom stereocenters. The van der Waals surface area contributed by atoms with Gasteiger partial charge in [0.05, 0.1) is 5.52 Å². The lowest BCUT2D eigenvalue weighted by atomic mass is 10.0. The molecule has 1 aromatic carbocycles. The van der Waals surface area contributed by atoms with Gasteiger partial charge in [0.1, 0.15) is 0 Å². The highest BCUT2D eigenvalue weighted by Gasteiger charge is 2.15. The average Bonchev–Trinajstić information content (AvgIpc) is 2.55. The summed E-state index contributed by atoms with van der Waals surface area (Å²) in [6, 6.07) is 5.64. The van der Waals surface area contributed by atoms with Gasteiger partial charge in [0.25, 0.3) is 0 Å². The average molecular weight is 219 g/mol. The zero-order valence-corrected chi connectivity index (χ0v) is 8.75. The van der Waals surface area contributed by atoms with Crippen molar-refractivity contribution < 1.29 is 4.42 Å². The number of hydrogen-bond donors (Lipinski definition) is 3. The van der Waals surface area contributed by atoms with E-state index >= 15 is 0 Å². The monoisotopic (exact) mass is 219 g/mol. The summed E-state index contributed by atoms with van der Waals surface area (Å²) in [7, 11) is 0. The van der Waals surface area contributed by atoms with Gasteiger partial charge in [-0.15, -0.1) is 0 Å². The number of aromatic nitrogens is 1. The minimum Gasteiger partial charge on any atom is -0.408 e. The molecule has 0 unspecified atom stereocenters. The van der Waals surface area contributed by atoms with Crippen LogP contribution in [0.4, 0.5) is 5.69 Å². The topological polar surface area (TPSA) is 70.1 Å². The fourth-order valence-corrected chi connectivity index (χ4v) is 1.81. The number of rotatable bonds is 3. The van der Waals surface area contributed by atoms with E-state index in [2.05, 4.69) is 15.6 Å². The summed E-state index contributed by atoms with van der Waals surface area (Å²) in [5, 5.41) is 6.56. The fourth-order valence-electron chi connectivity index (χ4n) is 1.81. The van der Waals surface area contributed by atoms with E-state index in [1.807, 2.05) is 18.2 Å². The van der Waals surface area contributed by atoms with Crippen LogP contribution in [0.5, 0.6) is 0 Å². The van der Waals surface area contributed by atoms with Crippen LogP contribution in [0, 0.1) is 5.92 Å². The molecule has 1 aromatic heterocycles. The SMILES string of the molecule is O=c1[nH]c2ccc(NCC3CNC3)cc2o1. The summed E-state index contributed by atoms with van der Waals surface area (Å²) in [5.41, 5.74) is 2.32. The van der Waals surface area contributed by atoms with E-state index in [4.69, 9.17) is 4.42 Å². The van der Waals surface area contributed by atoms with Gasteiger partial charge < -0.3 is 15.1 Å². The predicted octanol–water partition coefficient (Wildman–Crippen LogP) is 0.752. The van der Waals surface area contributed by atoms with Crippen LogP contribution in [0.1, 0.15) is 0 Å². The Morgan fingerprint density at radius 3 is 3.06 bits per heavy atom. The molecule has 2 heterocycles. The second-order valence-corrected chi connectivity index (χ2v) is 4.13. The second kappa shape index (κ2) is 3.68. The molecule has 16 heavy (non-hydrogen) atoms. The van der Waals surface area contributed by atoms with E-state index in [-0.39, 0.29) is 0 Å². The lowest BCUT2D eigenvalue weighted by Gasteiger charge is -2.27. The van der Waals surface area contributed by atoms with Crippen molar-refractivity contribution in [1.82, 2.24) is 10.3 Å². The summed E-state index contributed by atoms with van der Waals surface area (Å²) in [6.07, 6.45) is 0. The highest BCUT2D eigenvalue weighted by molar-refractivity contribution is 5.76. The Bertz CT molecular complexity index is 554. The van der Waals surface area contributed by atoms with Gasteiger partial charge in [-0.25, -0.2) is 4.79 Å². The highest BCUT2D eigenvalue weighted by Crippen LogP contribution is 2.16. The molecule has 84 valence electrons. The number of fused-ring (bicyclic) bond motifs is 1. The number of anilines is 1. The standard InChI is InChI=1S/C11H13N3O2/c15-11-14-9-2-1-8(3-10(9)16-11)13-6-7-4-12-5-7/h1-3,7,12-13H,4-6H2,(H,14,15). The van der Waals surface area contributed by atoms with E-state index in [1.54, 1.807) is 0 Å². The largest absolute Gasteiger partial charge is 0.417 e. The van der Waals surface area contributed by atoms with Crippen LogP contribution in [-0.2, 0) is 0 Å². The van der Waals surface area contributed by atoms with Crippen LogP contribution < -0.4 is 16.4 Å². The maximum atomic E-state index is 11.0. The van der Waals surface area contributed by atoms with Crippen molar-refractivity contribution in [3.05, 3.63) is 28.7 Å². The molecular formula is C11H13N3O2. The van der Waals surface area contributed by atoms with Crippen molar-refractivity contribution in [3.8, 4) is 0 Å². The fraction of sp³-hybridized carbons (Fsp3) is 0.364. The summed E-state index contributed by atoms with van der Waals surface area (Å²) >= 11 is 0. The number of oxazole rings is 1. The van der Waals surface area contributed by atoms with E-state index in [0.717, 1.165) is 30.8 Å². The second-order valence-electron chi connectivity index (χ2n) is 4.13. The first kappa shape index (κ1) is 9.47. The number of hydrogen-bond acceptors (Lipinski definition) is 4. The van der Waals surface area contributed by atoms with Gasteiger partial charge >= 0.3 is 5.76 Å².